The molecular weight excluding hydrogens is 267 g/mol. The maximum atomic E-state index is 11.7. The molecule has 3 heteroatoms. The summed E-state index contributed by atoms with van der Waals surface area (Å²) < 4.78 is 11.7. The van der Waals surface area contributed by atoms with Crippen molar-refractivity contribution in [1.29, 1.82) is 0 Å². The van der Waals surface area contributed by atoms with Crippen LogP contribution in [0.15, 0.2) is 30.3 Å². The van der Waals surface area contributed by atoms with Crippen LogP contribution in [0.2, 0.25) is 0 Å². The molecule has 3 rings (SSSR count). The van der Waals surface area contributed by atoms with E-state index in [0.717, 1.165) is 17.9 Å². The van der Waals surface area contributed by atoms with E-state index in [1.54, 1.807) is 0 Å². The van der Waals surface area contributed by atoms with E-state index in [1.165, 1.54) is 36.8 Å². The smallest absolute Gasteiger partial charge is 0.255 e. The van der Waals surface area contributed by atoms with Gasteiger partial charge in [-0.3, -0.25) is 4.94 Å². The number of allylic oxidation sites excluding steroid dienone is 2. The second-order valence-corrected chi connectivity index (χ2v) is 6.68. The Morgan fingerprint density at radius 1 is 1.33 bits per heavy atom. The lowest BCUT2D eigenvalue weighted by Gasteiger charge is -2.27. The molecule has 2 aliphatic carbocycles. The van der Waals surface area contributed by atoms with Crippen LogP contribution in [0.4, 0.5) is 4.53 Å². The largest absolute Gasteiger partial charge is 0.353 e. The van der Waals surface area contributed by atoms with Gasteiger partial charge in [-0.25, -0.2) is 4.79 Å². The van der Waals surface area contributed by atoms with Crippen molar-refractivity contribution < 1.29 is 14.3 Å². The fourth-order valence-corrected chi connectivity index (χ4v) is 3.37. The molecule has 0 amide bonds. The Bertz CT molecular complexity index is 555. The third kappa shape index (κ3) is 3.17. The number of carbonyl (C=O) groups is 1. The van der Waals surface area contributed by atoms with Crippen molar-refractivity contribution in [3.8, 4) is 0 Å². The van der Waals surface area contributed by atoms with Gasteiger partial charge >= 0.3 is 5.97 Å². The Kier molecular flexibility index (Phi) is 3.83. The third-order valence-corrected chi connectivity index (χ3v) is 5.19. The van der Waals surface area contributed by atoms with E-state index >= 15 is 0 Å². The molecule has 2 aliphatic rings. The van der Waals surface area contributed by atoms with Gasteiger partial charge in [0.15, 0.2) is 0 Å². The molecule has 2 nitrogen and oxygen atoms in total. The topological polar surface area (TPSA) is 26.3 Å². The summed E-state index contributed by atoms with van der Waals surface area (Å²) in [7, 11) is 0. The van der Waals surface area contributed by atoms with Crippen molar-refractivity contribution in [2.45, 2.75) is 45.4 Å². The minimum Gasteiger partial charge on any atom is -0.255 e. The first kappa shape index (κ1) is 14.3. The molecule has 0 saturated heterocycles. The molecule has 1 fully saturated rings. The highest BCUT2D eigenvalue weighted by atomic mass is 19.3. The van der Waals surface area contributed by atoms with E-state index in [4.69, 9.17) is 0 Å². The van der Waals surface area contributed by atoms with Crippen LogP contribution >= 0.6 is 0 Å². The van der Waals surface area contributed by atoms with Crippen LogP contribution in [-0.4, -0.2) is 5.97 Å². The summed E-state index contributed by atoms with van der Waals surface area (Å²) in [6.45, 7) is 2.41. The van der Waals surface area contributed by atoms with Gasteiger partial charge in [0.05, 0.1) is 6.42 Å². The standard InChI is InChI=1S/C18H21FO2/c1-18(10-11-18)16-8-6-15(7-9-16)14-4-2-13(3-5-14)12-17(20)21-19/h2-6,16H,7-12H2,1H3. The lowest BCUT2D eigenvalue weighted by Crippen LogP contribution is -2.15. The lowest BCUT2D eigenvalue weighted by molar-refractivity contribution is -0.182. The molecule has 0 N–H and O–H groups in total. The van der Waals surface area contributed by atoms with Crippen molar-refractivity contribution >= 4 is 11.5 Å². The quantitative estimate of drug-likeness (QED) is 0.806. The molecule has 1 saturated carbocycles. The molecule has 1 unspecified atom stereocenters. The summed E-state index contributed by atoms with van der Waals surface area (Å²) in [6.07, 6.45) is 8.73. The van der Waals surface area contributed by atoms with Gasteiger partial charge in [0.1, 0.15) is 0 Å². The molecule has 0 radical (unpaired) electrons. The molecule has 0 aliphatic heterocycles. The molecule has 0 aromatic heterocycles. The number of hydrogen-bond donors (Lipinski definition) is 0. The first-order valence-corrected chi connectivity index (χ1v) is 7.70. The molecule has 1 aromatic rings. The van der Waals surface area contributed by atoms with Gasteiger partial charge in [0, 0.05) is 4.53 Å². The van der Waals surface area contributed by atoms with Gasteiger partial charge < -0.3 is 0 Å². The van der Waals surface area contributed by atoms with Gasteiger partial charge in [-0.15, -0.1) is 0 Å². The van der Waals surface area contributed by atoms with Crippen LogP contribution in [-0.2, 0) is 16.2 Å². The van der Waals surface area contributed by atoms with Crippen molar-refractivity contribution in [3.05, 3.63) is 41.5 Å². The predicted molar refractivity (Wildman–Crippen MR) is 80.0 cm³/mol. The summed E-state index contributed by atoms with van der Waals surface area (Å²) >= 11 is 0. The molecular formula is C18H21FO2. The summed E-state index contributed by atoms with van der Waals surface area (Å²) in [5.41, 5.74) is 4.00. The van der Waals surface area contributed by atoms with Crippen molar-refractivity contribution in [2.24, 2.45) is 11.3 Å². The molecule has 0 spiro atoms. The minimum atomic E-state index is -0.847. The summed E-state index contributed by atoms with van der Waals surface area (Å²) in [5, 5.41) is 0. The molecule has 1 aromatic carbocycles. The van der Waals surface area contributed by atoms with Gasteiger partial charge in [-0.05, 0) is 60.1 Å². The predicted octanol–water partition coefficient (Wildman–Crippen LogP) is 4.64. The van der Waals surface area contributed by atoms with E-state index in [-0.39, 0.29) is 6.42 Å². The second-order valence-electron chi connectivity index (χ2n) is 6.68. The summed E-state index contributed by atoms with van der Waals surface area (Å²) in [6, 6.07) is 7.79. The zero-order valence-electron chi connectivity index (χ0n) is 12.4. The van der Waals surface area contributed by atoms with Crippen LogP contribution in [0.1, 0.15) is 50.2 Å². The summed E-state index contributed by atoms with van der Waals surface area (Å²) in [4.78, 5) is 14.1. The van der Waals surface area contributed by atoms with Gasteiger partial charge in [0.25, 0.3) is 0 Å². The monoisotopic (exact) mass is 288 g/mol. The Morgan fingerprint density at radius 2 is 2.05 bits per heavy atom. The average Bonchev–Trinajstić information content (AvgIpc) is 3.27. The fraction of sp³-hybridized carbons (Fsp3) is 0.500. The Balaban J connectivity index is 1.64. The first-order valence-electron chi connectivity index (χ1n) is 7.70. The van der Waals surface area contributed by atoms with Gasteiger partial charge in [0.2, 0.25) is 0 Å². The van der Waals surface area contributed by atoms with Gasteiger partial charge in [-0.2, -0.15) is 0 Å². The average molecular weight is 288 g/mol. The maximum Gasteiger partial charge on any atom is 0.353 e. The third-order valence-electron chi connectivity index (χ3n) is 5.19. The number of rotatable bonds is 4. The lowest BCUT2D eigenvalue weighted by atomic mass is 9.78. The molecule has 0 heterocycles. The summed E-state index contributed by atoms with van der Waals surface area (Å²) in [5.74, 6) is -0.00000128. The van der Waals surface area contributed by atoms with E-state index in [2.05, 4.69) is 17.9 Å². The Labute approximate surface area is 124 Å². The fourth-order valence-electron chi connectivity index (χ4n) is 3.37. The zero-order valence-corrected chi connectivity index (χ0v) is 12.4. The number of benzene rings is 1. The van der Waals surface area contributed by atoms with Crippen LogP contribution in [0.25, 0.3) is 5.57 Å². The van der Waals surface area contributed by atoms with Crippen molar-refractivity contribution in [1.82, 2.24) is 0 Å². The van der Waals surface area contributed by atoms with E-state index in [1.807, 2.05) is 24.3 Å². The first-order chi connectivity index (χ1) is 10.1. The van der Waals surface area contributed by atoms with E-state index in [9.17, 15) is 9.32 Å². The number of hydrogen-bond acceptors (Lipinski definition) is 2. The maximum absolute atomic E-state index is 11.7. The highest BCUT2D eigenvalue weighted by Gasteiger charge is 2.44. The van der Waals surface area contributed by atoms with Crippen LogP contribution < -0.4 is 0 Å². The van der Waals surface area contributed by atoms with E-state index < -0.39 is 5.97 Å². The highest BCUT2D eigenvalue weighted by molar-refractivity contribution is 5.72. The number of halogens is 1. The van der Waals surface area contributed by atoms with Crippen molar-refractivity contribution in [2.75, 3.05) is 0 Å². The molecule has 112 valence electrons. The van der Waals surface area contributed by atoms with Crippen LogP contribution in [0, 0.1) is 11.3 Å². The Morgan fingerprint density at radius 3 is 2.57 bits per heavy atom. The van der Waals surface area contributed by atoms with Gasteiger partial charge in [-0.1, -0.05) is 37.3 Å². The molecule has 0 bridgehead atoms. The van der Waals surface area contributed by atoms with Crippen molar-refractivity contribution in [3.63, 3.8) is 0 Å². The zero-order chi connectivity index (χ0) is 14.9. The SMILES string of the molecule is CC1(C2CC=C(c3ccc(CC(=O)OF)cc3)CC2)CC1. The second kappa shape index (κ2) is 5.63. The number of carbonyl (C=O) groups excluding carboxylic acids is 1. The normalized spacial score (nSPS) is 23.3. The van der Waals surface area contributed by atoms with E-state index in [0.29, 0.717) is 5.41 Å². The molecule has 21 heavy (non-hydrogen) atoms. The molecule has 1 atom stereocenters. The highest BCUT2D eigenvalue weighted by Crippen LogP contribution is 2.56. The van der Waals surface area contributed by atoms with Crippen LogP contribution in [0.3, 0.4) is 0 Å². The Hall–Kier alpha value is -1.64. The minimum absolute atomic E-state index is 0.0176. The van der Waals surface area contributed by atoms with Crippen LogP contribution in [0.5, 0.6) is 0 Å².